The van der Waals surface area contributed by atoms with Crippen molar-refractivity contribution in [2.24, 2.45) is 0 Å². The van der Waals surface area contributed by atoms with E-state index in [4.69, 9.17) is 4.98 Å². The third kappa shape index (κ3) is 1.38. The normalized spacial score (nSPS) is 11.3. The van der Waals surface area contributed by atoms with E-state index < -0.39 is 0 Å². The summed E-state index contributed by atoms with van der Waals surface area (Å²) in [5.74, 6) is 0.955. The molecule has 2 aromatic heterocycles. The van der Waals surface area contributed by atoms with Crippen LogP contribution in [0.1, 0.15) is 0 Å². The molecule has 4 aromatic rings. The zero-order chi connectivity index (χ0) is 11.9. The van der Waals surface area contributed by atoms with E-state index in [-0.39, 0.29) is 0 Å². The molecule has 4 rings (SSSR count). The lowest BCUT2D eigenvalue weighted by atomic mass is 10.1. The molecule has 0 bridgehead atoms. The monoisotopic (exact) mass is 250 g/mol. The Morgan fingerprint density at radius 3 is 2.78 bits per heavy atom. The molecule has 86 valence electrons. The van der Waals surface area contributed by atoms with E-state index in [1.54, 1.807) is 11.3 Å². The fraction of sp³-hybridized carbons (Fsp3) is 0. The highest BCUT2D eigenvalue weighted by atomic mass is 32.1. The van der Waals surface area contributed by atoms with E-state index in [9.17, 15) is 0 Å². The van der Waals surface area contributed by atoms with Crippen LogP contribution >= 0.6 is 11.3 Å². The SMILES string of the molecule is c1csc(-c2nc3c(ccc4ccccc43)[nH]2)c1. The average molecular weight is 250 g/mol. The van der Waals surface area contributed by atoms with E-state index in [1.165, 1.54) is 15.6 Å². The molecule has 0 amide bonds. The molecule has 0 aliphatic rings. The maximum atomic E-state index is 4.74. The first-order valence-corrected chi connectivity index (χ1v) is 6.71. The fourth-order valence-corrected chi connectivity index (χ4v) is 2.94. The van der Waals surface area contributed by atoms with Gasteiger partial charge >= 0.3 is 0 Å². The van der Waals surface area contributed by atoms with E-state index in [0.717, 1.165) is 16.9 Å². The Hall–Kier alpha value is -2.13. The Labute approximate surface area is 108 Å². The van der Waals surface area contributed by atoms with Crippen molar-refractivity contribution in [1.82, 2.24) is 9.97 Å². The minimum atomic E-state index is 0.955. The molecule has 2 heterocycles. The Kier molecular flexibility index (Phi) is 2.02. The number of aromatic amines is 1. The molecule has 18 heavy (non-hydrogen) atoms. The zero-order valence-electron chi connectivity index (χ0n) is 9.55. The highest BCUT2D eigenvalue weighted by Gasteiger charge is 2.08. The highest BCUT2D eigenvalue weighted by molar-refractivity contribution is 7.13. The van der Waals surface area contributed by atoms with Crippen LogP contribution in [0.3, 0.4) is 0 Å². The lowest BCUT2D eigenvalue weighted by Gasteiger charge is -1.96. The lowest BCUT2D eigenvalue weighted by Crippen LogP contribution is -1.74. The van der Waals surface area contributed by atoms with Crippen LogP contribution in [-0.2, 0) is 0 Å². The predicted molar refractivity (Wildman–Crippen MR) is 76.9 cm³/mol. The maximum Gasteiger partial charge on any atom is 0.148 e. The van der Waals surface area contributed by atoms with Crippen LogP contribution < -0.4 is 0 Å². The number of hydrogen-bond donors (Lipinski definition) is 1. The largest absolute Gasteiger partial charge is 0.337 e. The van der Waals surface area contributed by atoms with Gasteiger partial charge in [-0.15, -0.1) is 11.3 Å². The molecule has 0 unspecified atom stereocenters. The summed E-state index contributed by atoms with van der Waals surface area (Å²) < 4.78 is 0. The summed E-state index contributed by atoms with van der Waals surface area (Å²) in [5, 5.41) is 4.50. The van der Waals surface area contributed by atoms with Crippen LogP contribution in [0.5, 0.6) is 0 Å². The second-order valence-electron chi connectivity index (χ2n) is 4.25. The van der Waals surface area contributed by atoms with Crippen molar-refractivity contribution >= 4 is 33.1 Å². The van der Waals surface area contributed by atoms with Crippen LogP contribution in [0, 0.1) is 0 Å². The standard InChI is InChI=1S/C15H10N2S/c1-2-5-11-10(4-1)7-8-12-14(11)17-15(16-12)13-6-3-9-18-13/h1-9H,(H,16,17). The Bertz CT molecular complexity index is 828. The number of aromatic nitrogens is 2. The first-order valence-electron chi connectivity index (χ1n) is 5.83. The van der Waals surface area contributed by atoms with Gasteiger partial charge in [-0.05, 0) is 22.9 Å². The summed E-state index contributed by atoms with van der Waals surface area (Å²) in [6.07, 6.45) is 0. The van der Waals surface area contributed by atoms with Crippen molar-refractivity contribution < 1.29 is 0 Å². The number of fused-ring (bicyclic) bond motifs is 3. The zero-order valence-corrected chi connectivity index (χ0v) is 10.4. The number of H-pyrrole nitrogens is 1. The van der Waals surface area contributed by atoms with Gasteiger partial charge in [-0.25, -0.2) is 4.98 Å². The molecule has 0 saturated heterocycles. The molecule has 1 N–H and O–H groups in total. The second kappa shape index (κ2) is 3.68. The second-order valence-corrected chi connectivity index (χ2v) is 5.19. The topological polar surface area (TPSA) is 28.7 Å². The van der Waals surface area contributed by atoms with Crippen molar-refractivity contribution in [3.8, 4) is 10.7 Å². The lowest BCUT2D eigenvalue weighted by molar-refractivity contribution is 1.36. The molecule has 0 spiro atoms. The van der Waals surface area contributed by atoms with Gasteiger partial charge in [-0.1, -0.05) is 36.4 Å². The third-order valence-electron chi connectivity index (χ3n) is 3.13. The van der Waals surface area contributed by atoms with Gasteiger partial charge in [-0.2, -0.15) is 0 Å². The predicted octanol–water partition coefficient (Wildman–Crippen LogP) is 4.44. The first kappa shape index (κ1) is 9.85. The smallest absolute Gasteiger partial charge is 0.148 e. The Morgan fingerprint density at radius 2 is 1.89 bits per heavy atom. The minimum absolute atomic E-state index is 0.955. The van der Waals surface area contributed by atoms with Gasteiger partial charge in [-0.3, -0.25) is 0 Å². The van der Waals surface area contributed by atoms with Crippen LogP contribution in [0.4, 0.5) is 0 Å². The van der Waals surface area contributed by atoms with Crippen molar-refractivity contribution in [3.05, 3.63) is 53.9 Å². The molecule has 0 aliphatic carbocycles. The molecule has 0 saturated carbocycles. The van der Waals surface area contributed by atoms with Gasteiger partial charge in [0, 0.05) is 5.39 Å². The molecule has 2 aromatic carbocycles. The number of hydrogen-bond acceptors (Lipinski definition) is 2. The number of nitrogens with zero attached hydrogens (tertiary/aromatic N) is 1. The number of nitrogens with one attached hydrogen (secondary N) is 1. The van der Waals surface area contributed by atoms with Gasteiger partial charge in [0.05, 0.1) is 15.9 Å². The van der Waals surface area contributed by atoms with E-state index >= 15 is 0 Å². The number of thiophene rings is 1. The van der Waals surface area contributed by atoms with Gasteiger partial charge in [0.15, 0.2) is 0 Å². The third-order valence-corrected chi connectivity index (χ3v) is 4.01. The number of benzene rings is 2. The van der Waals surface area contributed by atoms with Crippen LogP contribution in [-0.4, -0.2) is 9.97 Å². The van der Waals surface area contributed by atoms with Crippen molar-refractivity contribution in [1.29, 1.82) is 0 Å². The van der Waals surface area contributed by atoms with Crippen LogP contribution in [0.2, 0.25) is 0 Å². The Balaban J connectivity index is 2.08. The fourth-order valence-electron chi connectivity index (χ4n) is 2.27. The summed E-state index contributed by atoms with van der Waals surface area (Å²) in [4.78, 5) is 9.30. The summed E-state index contributed by atoms with van der Waals surface area (Å²) in [6.45, 7) is 0. The molecular formula is C15H10N2S. The van der Waals surface area contributed by atoms with E-state index in [2.05, 4.69) is 52.8 Å². The molecular weight excluding hydrogens is 240 g/mol. The van der Waals surface area contributed by atoms with Gasteiger partial charge in [0.25, 0.3) is 0 Å². The highest BCUT2D eigenvalue weighted by Crippen LogP contribution is 2.28. The summed E-state index contributed by atoms with van der Waals surface area (Å²) in [6, 6.07) is 16.7. The van der Waals surface area contributed by atoms with Crippen molar-refractivity contribution in [2.75, 3.05) is 0 Å². The minimum Gasteiger partial charge on any atom is -0.337 e. The summed E-state index contributed by atoms with van der Waals surface area (Å²) >= 11 is 1.70. The van der Waals surface area contributed by atoms with E-state index in [1.807, 2.05) is 6.07 Å². The number of rotatable bonds is 1. The van der Waals surface area contributed by atoms with Gasteiger partial charge in [0.1, 0.15) is 5.82 Å². The summed E-state index contributed by atoms with van der Waals surface area (Å²) in [5.41, 5.74) is 2.15. The molecule has 0 aliphatic heterocycles. The van der Waals surface area contributed by atoms with Crippen LogP contribution in [0.15, 0.2) is 53.9 Å². The summed E-state index contributed by atoms with van der Waals surface area (Å²) in [7, 11) is 0. The van der Waals surface area contributed by atoms with Crippen molar-refractivity contribution in [2.45, 2.75) is 0 Å². The van der Waals surface area contributed by atoms with Gasteiger partial charge < -0.3 is 4.98 Å². The average Bonchev–Trinajstić information content (AvgIpc) is 3.07. The molecule has 2 nitrogen and oxygen atoms in total. The molecule has 3 heteroatoms. The Morgan fingerprint density at radius 1 is 0.944 bits per heavy atom. The maximum absolute atomic E-state index is 4.74. The molecule has 0 fully saturated rings. The quantitative estimate of drug-likeness (QED) is 0.531. The van der Waals surface area contributed by atoms with Crippen LogP contribution in [0.25, 0.3) is 32.5 Å². The number of imidazole rings is 1. The first-order chi connectivity index (χ1) is 8.92. The molecule has 0 radical (unpaired) electrons. The van der Waals surface area contributed by atoms with E-state index in [0.29, 0.717) is 0 Å². The molecule has 0 atom stereocenters. The van der Waals surface area contributed by atoms with Gasteiger partial charge in [0.2, 0.25) is 0 Å². The van der Waals surface area contributed by atoms with Crippen molar-refractivity contribution in [3.63, 3.8) is 0 Å².